The number of nitrogens with one attached hydrogen (secondary N) is 1. The Labute approximate surface area is 211 Å². The fraction of sp³-hybridized carbons (Fsp3) is 0.310. The van der Waals surface area contributed by atoms with Crippen LogP contribution in [0.15, 0.2) is 60.7 Å². The van der Waals surface area contributed by atoms with Crippen LogP contribution in [-0.4, -0.2) is 43.6 Å². The molecule has 36 heavy (non-hydrogen) atoms. The van der Waals surface area contributed by atoms with E-state index in [2.05, 4.69) is 5.32 Å². The van der Waals surface area contributed by atoms with Gasteiger partial charge >= 0.3 is 0 Å². The van der Waals surface area contributed by atoms with Crippen molar-refractivity contribution in [2.75, 3.05) is 32.2 Å². The quantitative estimate of drug-likeness (QED) is 0.510. The van der Waals surface area contributed by atoms with Crippen molar-refractivity contribution in [3.05, 3.63) is 82.9 Å². The van der Waals surface area contributed by atoms with Gasteiger partial charge in [-0.15, -0.1) is 0 Å². The summed E-state index contributed by atoms with van der Waals surface area (Å²) in [6.07, 6.45) is 0.677. The summed E-state index contributed by atoms with van der Waals surface area (Å²) in [4.78, 5) is 29.3. The molecule has 0 unspecified atom stereocenters. The van der Waals surface area contributed by atoms with Crippen LogP contribution in [-0.2, 0) is 11.2 Å². The normalized spacial score (nSPS) is 18.0. The predicted molar refractivity (Wildman–Crippen MR) is 137 cm³/mol. The molecule has 0 saturated carbocycles. The third kappa shape index (κ3) is 4.15. The predicted octanol–water partition coefficient (Wildman–Crippen LogP) is 4.97. The molecule has 5 rings (SSSR count). The van der Waals surface area contributed by atoms with Crippen LogP contribution < -0.4 is 19.5 Å². The molecule has 3 aromatic rings. The summed E-state index contributed by atoms with van der Waals surface area (Å²) < 4.78 is 17.1. The smallest absolute Gasteiger partial charge is 0.254 e. The molecular formula is C29H30N2O5. The Balaban J connectivity index is 1.63. The molecule has 7 heteroatoms. The summed E-state index contributed by atoms with van der Waals surface area (Å²) in [5, 5.41) is 3.06. The summed E-state index contributed by atoms with van der Waals surface area (Å²) in [6, 6.07) is 18.2. The van der Waals surface area contributed by atoms with E-state index >= 15 is 0 Å². The van der Waals surface area contributed by atoms with Crippen molar-refractivity contribution in [2.45, 2.75) is 32.2 Å². The topological polar surface area (TPSA) is 77.1 Å². The molecule has 0 fully saturated rings. The van der Waals surface area contributed by atoms with E-state index in [1.54, 1.807) is 19.2 Å². The molecule has 0 saturated heterocycles. The Hall–Kier alpha value is -4.00. The molecule has 2 aliphatic heterocycles. The van der Waals surface area contributed by atoms with E-state index in [-0.39, 0.29) is 11.8 Å². The van der Waals surface area contributed by atoms with Crippen LogP contribution in [0.4, 0.5) is 5.69 Å². The van der Waals surface area contributed by atoms with E-state index < -0.39 is 12.0 Å². The molecule has 0 radical (unpaired) electrons. The number of rotatable bonds is 7. The van der Waals surface area contributed by atoms with Gasteiger partial charge in [0.15, 0.2) is 11.5 Å². The molecule has 0 aromatic heterocycles. The average Bonchev–Trinajstić information content (AvgIpc) is 2.89. The number of nitrogens with zero attached hydrogens (tertiary/aromatic N) is 1. The van der Waals surface area contributed by atoms with Crippen LogP contribution >= 0.6 is 0 Å². The minimum atomic E-state index is -0.600. The number of ether oxygens (including phenoxy) is 3. The summed E-state index contributed by atoms with van der Waals surface area (Å²) >= 11 is 0. The number of amides is 2. The molecular weight excluding hydrogens is 456 g/mol. The van der Waals surface area contributed by atoms with Gasteiger partial charge in [0.05, 0.1) is 32.3 Å². The first-order chi connectivity index (χ1) is 17.5. The van der Waals surface area contributed by atoms with Crippen molar-refractivity contribution >= 4 is 17.5 Å². The largest absolute Gasteiger partial charge is 0.497 e. The first-order valence-electron chi connectivity index (χ1n) is 12.3. The third-order valence-electron chi connectivity index (χ3n) is 6.80. The van der Waals surface area contributed by atoms with Gasteiger partial charge < -0.3 is 24.4 Å². The van der Waals surface area contributed by atoms with Crippen LogP contribution in [0.5, 0.6) is 17.2 Å². The average molecular weight is 487 g/mol. The molecule has 1 N–H and O–H groups in total. The second kappa shape index (κ2) is 9.93. The maximum absolute atomic E-state index is 13.9. The van der Waals surface area contributed by atoms with Gasteiger partial charge in [0.2, 0.25) is 5.91 Å². The molecule has 0 spiro atoms. The van der Waals surface area contributed by atoms with Gasteiger partial charge in [-0.05, 0) is 67.3 Å². The monoisotopic (exact) mass is 486 g/mol. The van der Waals surface area contributed by atoms with Gasteiger partial charge in [-0.25, -0.2) is 0 Å². The Morgan fingerprint density at radius 1 is 0.972 bits per heavy atom. The number of benzene rings is 3. The summed E-state index contributed by atoms with van der Waals surface area (Å²) in [6.45, 7) is 5.38. The number of carbonyl (C=O) groups is 2. The molecule has 186 valence electrons. The molecule has 2 amide bonds. The summed E-state index contributed by atoms with van der Waals surface area (Å²) in [5.74, 6) is 1.12. The van der Waals surface area contributed by atoms with Gasteiger partial charge in [0.1, 0.15) is 5.75 Å². The zero-order chi connectivity index (χ0) is 25.2. The highest BCUT2D eigenvalue weighted by atomic mass is 16.5. The van der Waals surface area contributed by atoms with E-state index in [1.807, 2.05) is 67.3 Å². The lowest BCUT2D eigenvalue weighted by atomic mass is 9.75. The number of hydrogen-bond acceptors (Lipinski definition) is 5. The van der Waals surface area contributed by atoms with Gasteiger partial charge in [-0.2, -0.15) is 0 Å². The highest BCUT2D eigenvalue weighted by Gasteiger charge is 2.46. The van der Waals surface area contributed by atoms with Crippen molar-refractivity contribution in [1.29, 1.82) is 0 Å². The highest BCUT2D eigenvalue weighted by molar-refractivity contribution is 6.04. The minimum Gasteiger partial charge on any atom is -0.497 e. The second-order valence-electron chi connectivity index (χ2n) is 8.84. The fourth-order valence-electron chi connectivity index (χ4n) is 5.27. The van der Waals surface area contributed by atoms with E-state index in [9.17, 15) is 9.59 Å². The summed E-state index contributed by atoms with van der Waals surface area (Å²) in [5.41, 5.74) is 3.91. The number of anilines is 1. The molecule has 0 bridgehead atoms. The maximum atomic E-state index is 13.9. The SMILES string of the molecule is CCOc1cc2c(cc1OCC)[C@@H]1[C@@H](C(=O)Nc3cccc(OC)c3)c3ccccc3C(=O)N1CC2. The minimum absolute atomic E-state index is 0.0569. The van der Waals surface area contributed by atoms with E-state index in [1.165, 1.54) is 0 Å². The van der Waals surface area contributed by atoms with Gasteiger partial charge in [-0.1, -0.05) is 24.3 Å². The lowest BCUT2D eigenvalue weighted by Crippen LogP contribution is -2.49. The molecule has 2 atom stereocenters. The standard InChI is InChI=1S/C29H30N2O5/c1-4-35-24-15-18-13-14-31-27(23(18)17-25(24)36-5-2)26(21-11-6-7-12-22(21)29(31)33)28(32)30-19-9-8-10-20(16-19)34-3/h6-12,15-17,26-27H,4-5,13-14H2,1-3H3,(H,30,32)/t26-,27+/m0/s1. The second-order valence-corrected chi connectivity index (χ2v) is 8.84. The molecule has 3 aromatic carbocycles. The van der Waals surface area contributed by atoms with Crippen molar-refractivity contribution < 1.29 is 23.8 Å². The zero-order valence-corrected chi connectivity index (χ0v) is 20.7. The molecule has 7 nitrogen and oxygen atoms in total. The Kier molecular flexibility index (Phi) is 6.55. The van der Waals surface area contributed by atoms with Gasteiger partial charge in [0, 0.05) is 23.9 Å². The first kappa shape index (κ1) is 23.7. The van der Waals surface area contributed by atoms with Crippen molar-refractivity contribution in [2.24, 2.45) is 0 Å². The van der Waals surface area contributed by atoms with Crippen LogP contribution in [0.2, 0.25) is 0 Å². The van der Waals surface area contributed by atoms with Crippen LogP contribution in [0.25, 0.3) is 0 Å². The highest BCUT2D eigenvalue weighted by Crippen LogP contribution is 2.48. The van der Waals surface area contributed by atoms with Crippen LogP contribution in [0.3, 0.4) is 0 Å². The van der Waals surface area contributed by atoms with Crippen molar-refractivity contribution in [3.63, 3.8) is 0 Å². The van der Waals surface area contributed by atoms with Crippen LogP contribution in [0, 0.1) is 0 Å². The van der Waals surface area contributed by atoms with E-state index in [0.717, 1.165) is 16.7 Å². The summed E-state index contributed by atoms with van der Waals surface area (Å²) in [7, 11) is 1.59. The lowest BCUT2D eigenvalue weighted by molar-refractivity contribution is -0.119. The number of methoxy groups -OCH3 is 1. The zero-order valence-electron chi connectivity index (χ0n) is 20.7. The Morgan fingerprint density at radius 2 is 1.72 bits per heavy atom. The fourth-order valence-corrected chi connectivity index (χ4v) is 5.27. The number of fused-ring (bicyclic) bond motifs is 4. The molecule has 2 heterocycles. The first-order valence-corrected chi connectivity index (χ1v) is 12.3. The van der Waals surface area contributed by atoms with E-state index in [4.69, 9.17) is 14.2 Å². The molecule has 2 aliphatic rings. The number of hydrogen-bond donors (Lipinski definition) is 1. The van der Waals surface area contributed by atoms with Crippen molar-refractivity contribution in [3.8, 4) is 17.2 Å². The molecule has 0 aliphatic carbocycles. The van der Waals surface area contributed by atoms with Gasteiger partial charge in [-0.3, -0.25) is 9.59 Å². The number of carbonyl (C=O) groups excluding carboxylic acids is 2. The Bertz CT molecular complexity index is 1300. The van der Waals surface area contributed by atoms with Gasteiger partial charge in [0.25, 0.3) is 5.91 Å². The maximum Gasteiger partial charge on any atom is 0.254 e. The van der Waals surface area contributed by atoms with E-state index in [0.29, 0.717) is 54.7 Å². The van der Waals surface area contributed by atoms with Crippen molar-refractivity contribution in [1.82, 2.24) is 4.90 Å². The third-order valence-corrected chi connectivity index (χ3v) is 6.80. The van der Waals surface area contributed by atoms with Crippen LogP contribution in [0.1, 0.15) is 52.9 Å². The lowest BCUT2D eigenvalue weighted by Gasteiger charge is -2.45. The Morgan fingerprint density at radius 3 is 2.47 bits per heavy atom.